The standard InChI is InChI=1S/C9H9Cl2NO2/c1-2-5-6(10)3-7(12-4-13)9(14)8(5)11/h3-4,14H,2H2,1H3,(H,12,13). The number of carbonyl (C=O) groups excluding carboxylic acids is 1. The summed E-state index contributed by atoms with van der Waals surface area (Å²) in [6, 6.07) is 1.47. The molecule has 5 heteroatoms. The van der Waals surface area contributed by atoms with Gasteiger partial charge in [0.25, 0.3) is 0 Å². The Morgan fingerprint density at radius 1 is 1.57 bits per heavy atom. The summed E-state index contributed by atoms with van der Waals surface area (Å²) in [5, 5.41) is 12.5. The van der Waals surface area contributed by atoms with Crippen LogP contribution in [0.25, 0.3) is 0 Å². The molecular weight excluding hydrogens is 225 g/mol. The Kier molecular flexibility index (Phi) is 3.61. The first-order chi connectivity index (χ1) is 6.61. The van der Waals surface area contributed by atoms with Crippen molar-refractivity contribution in [2.75, 3.05) is 5.32 Å². The quantitative estimate of drug-likeness (QED) is 0.624. The maximum Gasteiger partial charge on any atom is 0.211 e. The second-order valence-corrected chi connectivity index (χ2v) is 3.45. The van der Waals surface area contributed by atoms with Crippen molar-refractivity contribution in [2.24, 2.45) is 0 Å². The molecule has 0 aliphatic rings. The molecule has 3 nitrogen and oxygen atoms in total. The molecule has 0 aliphatic carbocycles. The van der Waals surface area contributed by atoms with Gasteiger partial charge in [-0.25, -0.2) is 0 Å². The van der Waals surface area contributed by atoms with Crippen molar-refractivity contribution in [1.82, 2.24) is 0 Å². The third kappa shape index (κ3) is 1.94. The van der Waals surface area contributed by atoms with Crippen LogP contribution in [0.15, 0.2) is 6.07 Å². The van der Waals surface area contributed by atoms with Crippen molar-refractivity contribution in [1.29, 1.82) is 0 Å². The summed E-state index contributed by atoms with van der Waals surface area (Å²) in [5.41, 5.74) is 0.884. The minimum Gasteiger partial charge on any atom is -0.504 e. The minimum absolute atomic E-state index is 0.153. The molecule has 0 spiro atoms. The van der Waals surface area contributed by atoms with Gasteiger partial charge < -0.3 is 10.4 Å². The van der Waals surface area contributed by atoms with Gasteiger partial charge in [-0.1, -0.05) is 30.1 Å². The van der Waals surface area contributed by atoms with Gasteiger partial charge in [-0.15, -0.1) is 0 Å². The molecule has 0 aromatic heterocycles. The number of benzene rings is 1. The highest BCUT2D eigenvalue weighted by Crippen LogP contribution is 2.39. The molecule has 0 saturated carbocycles. The zero-order valence-corrected chi connectivity index (χ0v) is 8.99. The van der Waals surface area contributed by atoms with Gasteiger partial charge in [0.05, 0.1) is 10.7 Å². The molecule has 0 heterocycles. The maximum atomic E-state index is 10.2. The molecule has 1 amide bonds. The van der Waals surface area contributed by atoms with E-state index < -0.39 is 0 Å². The van der Waals surface area contributed by atoms with Crippen LogP contribution in [0.3, 0.4) is 0 Å². The molecule has 1 aromatic carbocycles. The number of hydrogen-bond donors (Lipinski definition) is 2. The number of amides is 1. The van der Waals surface area contributed by atoms with Crippen molar-refractivity contribution in [2.45, 2.75) is 13.3 Å². The average molecular weight is 234 g/mol. The van der Waals surface area contributed by atoms with Gasteiger partial charge in [0, 0.05) is 5.02 Å². The van der Waals surface area contributed by atoms with Crippen LogP contribution >= 0.6 is 23.2 Å². The number of phenols is 1. The number of phenolic OH excluding ortho intramolecular Hbond substituents is 1. The van der Waals surface area contributed by atoms with Crippen LogP contribution in [0.4, 0.5) is 5.69 Å². The molecule has 2 N–H and O–H groups in total. The average Bonchev–Trinajstić information content (AvgIpc) is 2.15. The Morgan fingerprint density at radius 2 is 2.21 bits per heavy atom. The minimum atomic E-state index is -0.153. The molecule has 0 atom stereocenters. The fraction of sp³-hybridized carbons (Fsp3) is 0.222. The summed E-state index contributed by atoms with van der Waals surface area (Å²) in [7, 11) is 0. The first-order valence-corrected chi connectivity index (χ1v) is 4.77. The highest BCUT2D eigenvalue weighted by molar-refractivity contribution is 6.37. The molecule has 0 unspecified atom stereocenters. The maximum absolute atomic E-state index is 10.2. The van der Waals surface area contributed by atoms with Gasteiger partial charge in [-0.05, 0) is 18.1 Å². The largest absolute Gasteiger partial charge is 0.504 e. The van der Waals surface area contributed by atoms with Crippen LogP contribution in [0.2, 0.25) is 10.0 Å². The van der Waals surface area contributed by atoms with Crippen LogP contribution in [-0.4, -0.2) is 11.5 Å². The molecule has 1 rings (SSSR count). The van der Waals surface area contributed by atoms with E-state index in [4.69, 9.17) is 23.2 Å². The summed E-state index contributed by atoms with van der Waals surface area (Å²) in [6.45, 7) is 1.87. The lowest BCUT2D eigenvalue weighted by Crippen LogP contribution is -1.96. The van der Waals surface area contributed by atoms with Crippen LogP contribution in [0.1, 0.15) is 12.5 Å². The van der Waals surface area contributed by atoms with Crippen LogP contribution in [-0.2, 0) is 11.2 Å². The Bertz CT molecular complexity index is 366. The van der Waals surface area contributed by atoms with E-state index in [9.17, 15) is 9.90 Å². The van der Waals surface area contributed by atoms with Crippen molar-refractivity contribution in [3.8, 4) is 5.75 Å². The summed E-state index contributed by atoms with van der Waals surface area (Å²) in [4.78, 5) is 10.2. The molecule has 14 heavy (non-hydrogen) atoms. The molecule has 76 valence electrons. The highest BCUT2D eigenvalue weighted by atomic mass is 35.5. The monoisotopic (exact) mass is 233 g/mol. The molecule has 0 aliphatic heterocycles. The predicted molar refractivity (Wildman–Crippen MR) is 57.2 cm³/mol. The first-order valence-electron chi connectivity index (χ1n) is 4.01. The van der Waals surface area contributed by atoms with Crippen molar-refractivity contribution in [3.05, 3.63) is 21.7 Å². The number of rotatable bonds is 3. The third-order valence-corrected chi connectivity index (χ3v) is 2.60. The van der Waals surface area contributed by atoms with E-state index in [0.29, 0.717) is 23.4 Å². The third-order valence-electron chi connectivity index (χ3n) is 1.86. The Labute approximate surface area is 91.6 Å². The van der Waals surface area contributed by atoms with Crippen molar-refractivity contribution in [3.63, 3.8) is 0 Å². The topological polar surface area (TPSA) is 49.3 Å². The molecule has 1 aromatic rings. The highest BCUT2D eigenvalue weighted by Gasteiger charge is 2.13. The summed E-state index contributed by atoms with van der Waals surface area (Å²) in [6.07, 6.45) is 1.07. The van der Waals surface area contributed by atoms with E-state index in [-0.39, 0.29) is 16.5 Å². The molecular formula is C9H9Cl2NO2. The van der Waals surface area contributed by atoms with E-state index in [2.05, 4.69) is 5.32 Å². The van der Waals surface area contributed by atoms with Gasteiger partial charge in [0.1, 0.15) is 0 Å². The van der Waals surface area contributed by atoms with E-state index in [0.717, 1.165) is 0 Å². The molecule has 0 radical (unpaired) electrons. The summed E-state index contributed by atoms with van der Waals surface area (Å²) in [5.74, 6) is -0.153. The van der Waals surface area contributed by atoms with Crippen LogP contribution in [0.5, 0.6) is 5.75 Å². The number of halogens is 2. The number of hydrogen-bond acceptors (Lipinski definition) is 2. The smallest absolute Gasteiger partial charge is 0.211 e. The molecule has 0 saturated heterocycles. The van der Waals surface area contributed by atoms with E-state index in [1.165, 1.54) is 6.07 Å². The van der Waals surface area contributed by atoms with Gasteiger partial charge in [-0.3, -0.25) is 4.79 Å². The number of nitrogens with one attached hydrogen (secondary N) is 1. The van der Waals surface area contributed by atoms with E-state index >= 15 is 0 Å². The Morgan fingerprint density at radius 3 is 2.71 bits per heavy atom. The van der Waals surface area contributed by atoms with E-state index in [1.54, 1.807) is 0 Å². The molecule has 0 fully saturated rings. The van der Waals surface area contributed by atoms with Crippen molar-refractivity contribution < 1.29 is 9.90 Å². The lowest BCUT2D eigenvalue weighted by Gasteiger charge is -2.10. The second-order valence-electron chi connectivity index (χ2n) is 2.66. The fourth-order valence-corrected chi connectivity index (χ4v) is 1.87. The Hall–Kier alpha value is -0.930. The van der Waals surface area contributed by atoms with Gasteiger partial charge in [0.15, 0.2) is 5.75 Å². The van der Waals surface area contributed by atoms with Crippen LogP contribution < -0.4 is 5.32 Å². The van der Waals surface area contributed by atoms with Gasteiger partial charge >= 0.3 is 0 Å². The van der Waals surface area contributed by atoms with Gasteiger partial charge in [-0.2, -0.15) is 0 Å². The van der Waals surface area contributed by atoms with E-state index in [1.807, 2.05) is 6.92 Å². The number of aromatic hydroxyl groups is 1. The zero-order chi connectivity index (χ0) is 10.7. The second kappa shape index (κ2) is 4.53. The van der Waals surface area contributed by atoms with Gasteiger partial charge in [0.2, 0.25) is 6.41 Å². The van der Waals surface area contributed by atoms with Crippen LogP contribution in [0, 0.1) is 0 Å². The van der Waals surface area contributed by atoms with Crippen molar-refractivity contribution >= 4 is 35.3 Å². The molecule has 0 bridgehead atoms. The predicted octanol–water partition coefficient (Wildman–Crippen LogP) is 2.83. The SMILES string of the molecule is CCc1c(Cl)cc(NC=O)c(O)c1Cl. The lowest BCUT2D eigenvalue weighted by atomic mass is 10.1. The number of anilines is 1. The normalized spacial score (nSPS) is 9.93. The lowest BCUT2D eigenvalue weighted by molar-refractivity contribution is -0.105. The summed E-state index contributed by atoms with van der Waals surface area (Å²) < 4.78 is 0. The number of carbonyl (C=O) groups is 1. The first kappa shape index (κ1) is 11.1. The zero-order valence-electron chi connectivity index (χ0n) is 7.47. The Balaban J connectivity index is 3.31. The summed E-state index contributed by atoms with van der Waals surface area (Å²) >= 11 is 11.7. The fourth-order valence-electron chi connectivity index (χ4n) is 1.15.